The van der Waals surface area contributed by atoms with Crippen LogP contribution in [0.25, 0.3) is 0 Å². The number of nitrogens with zero attached hydrogens (tertiary/aromatic N) is 2. The monoisotopic (exact) mass is 309 g/mol. The van der Waals surface area contributed by atoms with Crippen LogP contribution in [0.4, 0.5) is 0 Å². The van der Waals surface area contributed by atoms with Gasteiger partial charge in [-0.25, -0.2) is 8.42 Å². The molecule has 0 aromatic heterocycles. The Morgan fingerprint density at radius 1 is 1.53 bits per heavy atom. The zero-order valence-electron chi connectivity index (χ0n) is 11.2. The third-order valence-corrected chi connectivity index (χ3v) is 5.77. The molecule has 0 spiro atoms. The Balaban J connectivity index is 3.09. The van der Waals surface area contributed by atoms with E-state index in [1.165, 1.54) is 30.5 Å². The van der Waals surface area contributed by atoms with Gasteiger partial charge < -0.3 is 15.8 Å². The molecule has 110 valence electrons. The first kappa shape index (κ1) is 16.1. The van der Waals surface area contributed by atoms with Crippen LogP contribution < -0.4 is 5.73 Å². The Bertz CT molecular complexity index is 487. The standard InChI is InChI=1S/C10H19N3O4S2/c1-10(2,8(11)12-15)9(14)13-4-5-18-6-7(13)19(3,16)17/h7,15H,4-6H2,1-3H3,(H2,11,12). The normalized spacial score (nSPS) is 22.4. The van der Waals surface area contributed by atoms with Crippen molar-refractivity contribution in [3.05, 3.63) is 0 Å². The average Bonchev–Trinajstić information content (AvgIpc) is 2.35. The van der Waals surface area contributed by atoms with E-state index in [1.807, 2.05) is 0 Å². The van der Waals surface area contributed by atoms with Gasteiger partial charge in [0.1, 0.15) is 10.8 Å². The van der Waals surface area contributed by atoms with Crippen LogP contribution in [-0.2, 0) is 14.6 Å². The number of sulfone groups is 1. The fourth-order valence-corrected chi connectivity index (χ4v) is 4.58. The van der Waals surface area contributed by atoms with E-state index in [2.05, 4.69) is 5.16 Å². The molecule has 19 heavy (non-hydrogen) atoms. The first-order chi connectivity index (χ1) is 8.62. The van der Waals surface area contributed by atoms with Crippen LogP contribution in [0, 0.1) is 5.41 Å². The van der Waals surface area contributed by atoms with Gasteiger partial charge in [0.2, 0.25) is 5.91 Å². The van der Waals surface area contributed by atoms with Gasteiger partial charge in [0.05, 0.1) is 0 Å². The zero-order valence-corrected chi connectivity index (χ0v) is 12.8. The molecule has 0 aromatic carbocycles. The molecule has 0 saturated carbocycles. The van der Waals surface area contributed by atoms with Gasteiger partial charge in [-0.2, -0.15) is 11.8 Å². The Morgan fingerprint density at radius 3 is 2.58 bits per heavy atom. The number of amides is 1. The van der Waals surface area contributed by atoms with Gasteiger partial charge in [-0.05, 0) is 13.8 Å². The summed E-state index contributed by atoms with van der Waals surface area (Å²) in [6.07, 6.45) is 1.11. The molecule has 1 unspecified atom stereocenters. The minimum absolute atomic E-state index is 0.233. The number of amidine groups is 1. The highest BCUT2D eigenvalue weighted by atomic mass is 32.2. The molecular formula is C10H19N3O4S2. The van der Waals surface area contributed by atoms with Gasteiger partial charge in [-0.3, -0.25) is 4.79 Å². The van der Waals surface area contributed by atoms with Crippen molar-refractivity contribution in [1.29, 1.82) is 0 Å². The number of thioether (sulfide) groups is 1. The Morgan fingerprint density at radius 2 is 2.11 bits per heavy atom. The van der Waals surface area contributed by atoms with Crippen LogP contribution >= 0.6 is 11.8 Å². The molecule has 1 saturated heterocycles. The number of nitrogens with two attached hydrogens (primary N) is 1. The highest BCUT2D eigenvalue weighted by Gasteiger charge is 2.42. The number of hydrogen-bond acceptors (Lipinski definition) is 6. The number of hydrogen-bond donors (Lipinski definition) is 2. The highest BCUT2D eigenvalue weighted by molar-refractivity contribution is 8.00. The third-order valence-electron chi connectivity index (χ3n) is 3.12. The predicted molar refractivity (Wildman–Crippen MR) is 74.9 cm³/mol. The largest absolute Gasteiger partial charge is 0.409 e. The summed E-state index contributed by atoms with van der Waals surface area (Å²) in [4.78, 5) is 13.8. The molecule has 0 radical (unpaired) electrons. The molecular weight excluding hydrogens is 290 g/mol. The van der Waals surface area contributed by atoms with Gasteiger partial charge in [-0.15, -0.1) is 0 Å². The lowest BCUT2D eigenvalue weighted by atomic mass is 9.90. The van der Waals surface area contributed by atoms with Crippen LogP contribution in [-0.4, -0.2) is 59.9 Å². The SMILES string of the molecule is CC(C)(C(=O)N1CCSCC1S(C)(=O)=O)C(N)=NO. The number of rotatable bonds is 3. The lowest BCUT2D eigenvalue weighted by Gasteiger charge is -2.38. The van der Waals surface area contributed by atoms with Crippen molar-refractivity contribution in [2.75, 3.05) is 24.3 Å². The van der Waals surface area contributed by atoms with E-state index in [9.17, 15) is 13.2 Å². The second-order valence-electron chi connectivity index (χ2n) is 4.97. The van der Waals surface area contributed by atoms with Crippen LogP contribution in [0.15, 0.2) is 5.16 Å². The second-order valence-corrected chi connectivity index (χ2v) is 8.32. The maximum Gasteiger partial charge on any atom is 0.237 e. The molecule has 1 aliphatic rings. The fraction of sp³-hybridized carbons (Fsp3) is 0.800. The van der Waals surface area contributed by atoms with Crippen molar-refractivity contribution in [3.8, 4) is 0 Å². The summed E-state index contributed by atoms with van der Waals surface area (Å²) >= 11 is 1.49. The lowest BCUT2D eigenvalue weighted by Crippen LogP contribution is -2.56. The average molecular weight is 309 g/mol. The van der Waals surface area contributed by atoms with E-state index in [-0.39, 0.29) is 5.84 Å². The maximum atomic E-state index is 12.5. The maximum absolute atomic E-state index is 12.5. The summed E-state index contributed by atoms with van der Waals surface area (Å²) in [5, 5.41) is 10.7. The van der Waals surface area contributed by atoms with Crippen LogP contribution in [0.3, 0.4) is 0 Å². The molecule has 1 heterocycles. The molecule has 0 aromatic rings. The summed E-state index contributed by atoms with van der Waals surface area (Å²) in [6, 6.07) is 0. The van der Waals surface area contributed by atoms with Crippen molar-refractivity contribution in [3.63, 3.8) is 0 Å². The van der Waals surface area contributed by atoms with E-state index >= 15 is 0 Å². The lowest BCUT2D eigenvalue weighted by molar-refractivity contribution is -0.137. The topological polar surface area (TPSA) is 113 Å². The smallest absolute Gasteiger partial charge is 0.237 e. The van der Waals surface area contributed by atoms with Gasteiger partial charge in [0.15, 0.2) is 15.7 Å². The van der Waals surface area contributed by atoms with Crippen molar-refractivity contribution in [2.45, 2.75) is 19.2 Å². The molecule has 9 heteroatoms. The van der Waals surface area contributed by atoms with E-state index in [0.29, 0.717) is 18.1 Å². The predicted octanol–water partition coefficient (Wildman–Crippen LogP) is -0.295. The first-order valence-electron chi connectivity index (χ1n) is 5.68. The molecule has 1 rings (SSSR count). The van der Waals surface area contributed by atoms with Crippen molar-refractivity contribution >= 4 is 33.3 Å². The minimum atomic E-state index is -3.37. The first-order valence-corrected chi connectivity index (χ1v) is 8.79. The van der Waals surface area contributed by atoms with E-state index in [1.54, 1.807) is 0 Å². The van der Waals surface area contributed by atoms with Crippen LogP contribution in [0.2, 0.25) is 0 Å². The van der Waals surface area contributed by atoms with Gasteiger partial charge >= 0.3 is 0 Å². The second kappa shape index (κ2) is 5.58. The molecule has 7 nitrogen and oxygen atoms in total. The molecule has 1 fully saturated rings. The quantitative estimate of drug-likeness (QED) is 0.320. The third kappa shape index (κ3) is 3.33. The molecule has 0 aliphatic carbocycles. The summed E-state index contributed by atoms with van der Waals surface area (Å²) in [6.45, 7) is 3.35. The number of carbonyl (C=O) groups excluding carboxylic acids is 1. The Kier molecular flexibility index (Phi) is 4.72. The highest BCUT2D eigenvalue weighted by Crippen LogP contribution is 2.27. The number of oxime groups is 1. The Hall–Kier alpha value is -0.960. The van der Waals surface area contributed by atoms with Crippen LogP contribution in [0.1, 0.15) is 13.8 Å². The van der Waals surface area contributed by atoms with Gasteiger partial charge in [-0.1, -0.05) is 5.16 Å². The number of carbonyl (C=O) groups is 1. The molecule has 1 amide bonds. The van der Waals surface area contributed by atoms with Crippen LogP contribution in [0.5, 0.6) is 0 Å². The van der Waals surface area contributed by atoms with Crippen molar-refractivity contribution < 1.29 is 18.4 Å². The van der Waals surface area contributed by atoms with Crippen molar-refractivity contribution in [2.24, 2.45) is 16.3 Å². The van der Waals surface area contributed by atoms with Gasteiger partial charge in [0, 0.05) is 24.3 Å². The van der Waals surface area contributed by atoms with E-state index in [0.717, 1.165) is 6.26 Å². The summed E-state index contributed by atoms with van der Waals surface area (Å²) in [5.74, 6) is 0.336. The van der Waals surface area contributed by atoms with Gasteiger partial charge in [0.25, 0.3) is 0 Å². The Labute approximate surface area is 117 Å². The summed E-state index contributed by atoms with van der Waals surface area (Å²) < 4.78 is 23.5. The molecule has 0 bridgehead atoms. The molecule has 1 atom stereocenters. The molecule has 1 aliphatic heterocycles. The summed E-state index contributed by atoms with van der Waals surface area (Å²) in [5.41, 5.74) is 4.27. The molecule has 3 N–H and O–H groups in total. The van der Waals surface area contributed by atoms with E-state index < -0.39 is 26.5 Å². The fourth-order valence-electron chi connectivity index (χ4n) is 1.76. The minimum Gasteiger partial charge on any atom is -0.409 e. The van der Waals surface area contributed by atoms with E-state index in [4.69, 9.17) is 10.9 Å². The zero-order chi connectivity index (χ0) is 14.8. The van der Waals surface area contributed by atoms with Crippen molar-refractivity contribution in [1.82, 2.24) is 4.90 Å². The summed E-state index contributed by atoms with van der Waals surface area (Å²) in [7, 11) is -3.37.